The minimum Gasteiger partial charge on any atom is -0.378 e. The summed E-state index contributed by atoms with van der Waals surface area (Å²) in [5.41, 5.74) is 1.72. The SMILES string of the molecule is CNCc1sc(-c2cccc(F)c2)nc1COC. The molecule has 0 aliphatic heterocycles. The Hall–Kier alpha value is -1.30. The molecule has 3 nitrogen and oxygen atoms in total. The van der Waals surface area contributed by atoms with Crippen molar-refractivity contribution in [3.63, 3.8) is 0 Å². The predicted molar refractivity (Wildman–Crippen MR) is 71.0 cm³/mol. The van der Waals surface area contributed by atoms with E-state index in [1.54, 1.807) is 24.5 Å². The van der Waals surface area contributed by atoms with E-state index in [-0.39, 0.29) is 5.82 Å². The second-order valence-corrected chi connectivity index (χ2v) is 4.95. The molecule has 0 fully saturated rings. The average Bonchev–Trinajstić information content (AvgIpc) is 2.74. The highest BCUT2D eigenvalue weighted by Crippen LogP contribution is 2.28. The summed E-state index contributed by atoms with van der Waals surface area (Å²) in [7, 11) is 3.53. The molecule has 0 atom stereocenters. The van der Waals surface area contributed by atoms with Gasteiger partial charge in [-0.2, -0.15) is 0 Å². The van der Waals surface area contributed by atoms with Gasteiger partial charge in [0.2, 0.25) is 0 Å². The van der Waals surface area contributed by atoms with Gasteiger partial charge in [-0.25, -0.2) is 9.37 Å². The van der Waals surface area contributed by atoms with E-state index in [2.05, 4.69) is 10.3 Å². The van der Waals surface area contributed by atoms with Gasteiger partial charge in [-0.05, 0) is 19.2 Å². The highest BCUT2D eigenvalue weighted by atomic mass is 32.1. The van der Waals surface area contributed by atoms with Crippen molar-refractivity contribution in [2.75, 3.05) is 14.2 Å². The third-order valence-corrected chi connectivity index (χ3v) is 3.61. The summed E-state index contributed by atoms with van der Waals surface area (Å²) in [6.07, 6.45) is 0. The number of hydrogen-bond donors (Lipinski definition) is 1. The van der Waals surface area contributed by atoms with Crippen LogP contribution in [0.3, 0.4) is 0 Å². The molecule has 1 aromatic carbocycles. The first-order valence-corrected chi connectivity index (χ1v) is 6.44. The van der Waals surface area contributed by atoms with Gasteiger partial charge in [-0.15, -0.1) is 11.3 Å². The van der Waals surface area contributed by atoms with Crippen molar-refractivity contribution < 1.29 is 9.13 Å². The summed E-state index contributed by atoms with van der Waals surface area (Å²) >= 11 is 1.57. The summed E-state index contributed by atoms with van der Waals surface area (Å²) in [4.78, 5) is 5.64. The van der Waals surface area contributed by atoms with E-state index >= 15 is 0 Å². The van der Waals surface area contributed by atoms with Crippen LogP contribution in [0, 0.1) is 5.82 Å². The number of nitrogens with zero attached hydrogens (tertiary/aromatic N) is 1. The van der Waals surface area contributed by atoms with Crippen LogP contribution < -0.4 is 5.32 Å². The Morgan fingerprint density at radius 1 is 1.44 bits per heavy atom. The normalized spacial score (nSPS) is 10.8. The van der Waals surface area contributed by atoms with E-state index < -0.39 is 0 Å². The maximum absolute atomic E-state index is 13.2. The van der Waals surface area contributed by atoms with Crippen LogP contribution in [-0.2, 0) is 17.9 Å². The quantitative estimate of drug-likeness (QED) is 0.903. The van der Waals surface area contributed by atoms with Crippen LogP contribution in [0.5, 0.6) is 0 Å². The molecular formula is C13H15FN2OS. The van der Waals surface area contributed by atoms with Crippen LogP contribution in [-0.4, -0.2) is 19.1 Å². The summed E-state index contributed by atoms with van der Waals surface area (Å²) in [5.74, 6) is -0.244. The van der Waals surface area contributed by atoms with Crippen molar-refractivity contribution in [2.45, 2.75) is 13.2 Å². The minimum atomic E-state index is -0.244. The van der Waals surface area contributed by atoms with Crippen molar-refractivity contribution in [1.82, 2.24) is 10.3 Å². The number of nitrogens with one attached hydrogen (secondary N) is 1. The summed E-state index contributed by atoms with van der Waals surface area (Å²) in [5, 5.41) is 3.93. The van der Waals surface area contributed by atoms with E-state index in [0.29, 0.717) is 6.61 Å². The Bertz CT molecular complexity index is 504. The van der Waals surface area contributed by atoms with Gasteiger partial charge < -0.3 is 10.1 Å². The van der Waals surface area contributed by atoms with Crippen molar-refractivity contribution in [3.8, 4) is 10.6 Å². The topological polar surface area (TPSA) is 34.2 Å². The van der Waals surface area contributed by atoms with E-state index in [0.717, 1.165) is 27.7 Å². The maximum atomic E-state index is 13.2. The Kier molecular flexibility index (Phi) is 4.41. The molecule has 0 unspecified atom stereocenters. The zero-order valence-electron chi connectivity index (χ0n) is 10.4. The highest BCUT2D eigenvalue weighted by molar-refractivity contribution is 7.15. The number of thiazole rings is 1. The molecule has 2 aromatic rings. The van der Waals surface area contributed by atoms with Crippen LogP contribution in [0.25, 0.3) is 10.6 Å². The Labute approximate surface area is 110 Å². The first-order valence-electron chi connectivity index (χ1n) is 5.62. The van der Waals surface area contributed by atoms with Crippen molar-refractivity contribution in [1.29, 1.82) is 0 Å². The molecule has 0 aliphatic carbocycles. The second kappa shape index (κ2) is 6.04. The summed E-state index contributed by atoms with van der Waals surface area (Å²) in [6.45, 7) is 1.22. The fourth-order valence-corrected chi connectivity index (χ4v) is 2.75. The van der Waals surface area contributed by atoms with Crippen LogP contribution in [0.4, 0.5) is 4.39 Å². The van der Waals surface area contributed by atoms with Gasteiger partial charge in [0.25, 0.3) is 0 Å². The Morgan fingerprint density at radius 3 is 2.94 bits per heavy atom. The Balaban J connectivity index is 2.36. The molecule has 0 radical (unpaired) electrons. The molecule has 0 amide bonds. The fraction of sp³-hybridized carbons (Fsp3) is 0.308. The molecule has 0 saturated carbocycles. The number of rotatable bonds is 5. The van der Waals surface area contributed by atoms with E-state index in [1.807, 2.05) is 13.1 Å². The molecule has 96 valence electrons. The summed E-state index contributed by atoms with van der Waals surface area (Å²) < 4.78 is 18.3. The molecule has 0 saturated heterocycles. The highest BCUT2D eigenvalue weighted by Gasteiger charge is 2.12. The van der Waals surface area contributed by atoms with Gasteiger partial charge in [0.1, 0.15) is 10.8 Å². The van der Waals surface area contributed by atoms with Gasteiger partial charge >= 0.3 is 0 Å². The van der Waals surface area contributed by atoms with Crippen LogP contribution in [0.2, 0.25) is 0 Å². The molecule has 0 aliphatic rings. The number of hydrogen-bond acceptors (Lipinski definition) is 4. The van der Waals surface area contributed by atoms with Gasteiger partial charge in [-0.3, -0.25) is 0 Å². The molecule has 18 heavy (non-hydrogen) atoms. The lowest BCUT2D eigenvalue weighted by atomic mass is 10.2. The molecule has 0 spiro atoms. The van der Waals surface area contributed by atoms with Crippen molar-refractivity contribution in [2.24, 2.45) is 0 Å². The molecule has 1 heterocycles. The lowest BCUT2D eigenvalue weighted by Crippen LogP contribution is -2.06. The van der Waals surface area contributed by atoms with E-state index in [9.17, 15) is 4.39 Å². The van der Waals surface area contributed by atoms with Crippen LogP contribution >= 0.6 is 11.3 Å². The minimum absolute atomic E-state index is 0.244. The number of aromatic nitrogens is 1. The average molecular weight is 266 g/mol. The van der Waals surface area contributed by atoms with E-state index in [4.69, 9.17) is 4.74 Å². The lowest BCUT2D eigenvalue weighted by Gasteiger charge is -1.98. The zero-order chi connectivity index (χ0) is 13.0. The molecule has 0 bridgehead atoms. The number of ether oxygens (including phenoxy) is 1. The summed E-state index contributed by atoms with van der Waals surface area (Å²) in [6, 6.07) is 6.49. The number of halogens is 1. The van der Waals surface area contributed by atoms with Gasteiger partial charge in [0, 0.05) is 24.1 Å². The first kappa shape index (κ1) is 13.1. The smallest absolute Gasteiger partial charge is 0.124 e. The van der Waals surface area contributed by atoms with Crippen molar-refractivity contribution in [3.05, 3.63) is 40.7 Å². The van der Waals surface area contributed by atoms with Gasteiger partial charge in [0.05, 0.1) is 12.3 Å². The molecule has 1 aromatic heterocycles. The van der Waals surface area contributed by atoms with Crippen LogP contribution in [0.15, 0.2) is 24.3 Å². The molecular weight excluding hydrogens is 251 g/mol. The third kappa shape index (κ3) is 2.93. The van der Waals surface area contributed by atoms with Gasteiger partial charge in [-0.1, -0.05) is 12.1 Å². The number of benzene rings is 1. The maximum Gasteiger partial charge on any atom is 0.124 e. The lowest BCUT2D eigenvalue weighted by molar-refractivity contribution is 0.181. The molecule has 2 rings (SSSR count). The zero-order valence-corrected chi connectivity index (χ0v) is 11.2. The third-order valence-electron chi connectivity index (χ3n) is 2.47. The van der Waals surface area contributed by atoms with Crippen LogP contribution in [0.1, 0.15) is 10.6 Å². The predicted octanol–water partition coefficient (Wildman–Crippen LogP) is 2.82. The largest absolute Gasteiger partial charge is 0.378 e. The van der Waals surface area contributed by atoms with Gasteiger partial charge in [0.15, 0.2) is 0 Å². The van der Waals surface area contributed by atoms with Crippen molar-refractivity contribution >= 4 is 11.3 Å². The fourth-order valence-electron chi connectivity index (χ4n) is 1.68. The molecule has 1 N–H and O–H groups in total. The van der Waals surface area contributed by atoms with E-state index in [1.165, 1.54) is 12.1 Å². The second-order valence-electron chi connectivity index (χ2n) is 3.86. The Morgan fingerprint density at radius 2 is 2.28 bits per heavy atom. The monoisotopic (exact) mass is 266 g/mol. The number of methoxy groups -OCH3 is 1. The standard InChI is InChI=1S/C13H15FN2OS/c1-15-7-12-11(8-17-2)16-13(18-12)9-4-3-5-10(14)6-9/h3-6,15H,7-8H2,1-2H3. The first-order chi connectivity index (χ1) is 8.74. The molecule has 5 heteroatoms.